The van der Waals surface area contributed by atoms with E-state index < -0.39 is 0 Å². The van der Waals surface area contributed by atoms with Crippen LogP contribution in [0.5, 0.6) is 0 Å². The number of likely N-dealkylation sites (N-methyl/N-ethyl adjacent to an activating group) is 1. The van der Waals surface area contributed by atoms with Crippen LogP contribution in [0.3, 0.4) is 0 Å². The van der Waals surface area contributed by atoms with Gasteiger partial charge >= 0.3 is 0 Å². The van der Waals surface area contributed by atoms with Gasteiger partial charge in [-0.1, -0.05) is 6.07 Å². The number of halogens is 1. The average Bonchev–Trinajstić information content (AvgIpc) is 2.86. The molecule has 1 heterocycles. The van der Waals surface area contributed by atoms with Crippen molar-refractivity contribution in [1.29, 1.82) is 0 Å². The van der Waals surface area contributed by atoms with Crippen LogP contribution in [0.1, 0.15) is 23.2 Å². The Morgan fingerprint density at radius 2 is 2.22 bits per heavy atom. The van der Waals surface area contributed by atoms with Crippen molar-refractivity contribution in [2.24, 2.45) is 0 Å². The van der Waals surface area contributed by atoms with E-state index in [1.165, 1.54) is 0 Å². The van der Waals surface area contributed by atoms with Crippen molar-refractivity contribution in [2.45, 2.75) is 18.9 Å². The van der Waals surface area contributed by atoms with Crippen molar-refractivity contribution in [1.82, 2.24) is 10.2 Å². The molecule has 0 bridgehead atoms. The van der Waals surface area contributed by atoms with E-state index in [2.05, 4.69) is 27.9 Å². The van der Waals surface area contributed by atoms with Crippen molar-refractivity contribution in [3.05, 3.63) is 33.4 Å². The lowest BCUT2D eigenvalue weighted by atomic mass is 10.1. The van der Waals surface area contributed by atoms with Crippen LogP contribution in [0.2, 0.25) is 0 Å². The molecule has 4 nitrogen and oxygen atoms in total. The lowest BCUT2D eigenvalue weighted by molar-refractivity contribution is -0.124. The predicted molar refractivity (Wildman–Crippen MR) is 77.3 cm³/mol. The number of rotatable bonds is 2. The lowest BCUT2D eigenvalue weighted by Crippen LogP contribution is -2.44. The maximum absolute atomic E-state index is 12.4. The van der Waals surface area contributed by atoms with Crippen molar-refractivity contribution in [3.8, 4) is 0 Å². The Morgan fingerprint density at radius 1 is 1.44 bits per heavy atom. The van der Waals surface area contributed by atoms with Gasteiger partial charge in [0.1, 0.15) is 6.04 Å². The molecule has 2 rings (SSSR count). The summed E-state index contributed by atoms with van der Waals surface area (Å²) in [4.78, 5) is 25.8. The van der Waals surface area contributed by atoms with Gasteiger partial charge in [-0.2, -0.15) is 0 Å². The predicted octanol–water partition coefficient (Wildman–Crippen LogP) is 1.64. The Labute approximate surface area is 120 Å². The van der Waals surface area contributed by atoms with Gasteiger partial charge in [-0.25, -0.2) is 0 Å². The molecule has 1 N–H and O–H groups in total. The second kappa shape index (κ2) is 5.69. The summed E-state index contributed by atoms with van der Waals surface area (Å²) >= 11 is 2.18. The number of amides is 2. The van der Waals surface area contributed by atoms with Gasteiger partial charge in [0.15, 0.2) is 0 Å². The molecular formula is C13H15IN2O2. The lowest BCUT2D eigenvalue weighted by Gasteiger charge is -2.23. The molecule has 0 saturated carbocycles. The molecule has 1 unspecified atom stereocenters. The Bertz CT molecular complexity index is 476. The first-order valence-corrected chi connectivity index (χ1v) is 6.99. The fourth-order valence-electron chi connectivity index (χ4n) is 2.24. The van der Waals surface area contributed by atoms with Crippen molar-refractivity contribution < 1.29 is 9.59 Å². The molecule has 1 fully saturated rings. The maximum atomic E-state index is 12.4. The number of nitrogens with one attached hydrogen (secondary N) is 1. The molecule has 1 aliphatic rings. The van der Waals surface area contributed by atoms with E-state index in [9.17, 15) is 9.59 Å². The van der Waals surface area contributed by atoms with Gasteiger partial charge in [0.05, 0.1) is 0 Å². The van der Waals surface area contributed by atoms with Crippen molar-refractivity contribution >= 4 is 34.4 Å². The van der Waals surface area contributed by atoms with Gasteiger partial charge in [-0.05, 0) is 53.6 Å². The fraction of sp³-hybridized carbons (Fsp3) is 0.385. The summed E-state index contributed by atoms with van der Waals surface area (Å²) in [5.41, 5.74) is 0.651. The molecule has 0 aromatic heterocycles. The minimum absolute atomic E-state index is 0.0559. The highest BCUT2D eigenvalue weighted by Crippen LogP contribution is 2.21. The van der Waals surface area contributed by atoms with E-state index in [0.717, 1.165) is 16.4 Å². The number of carbonyl (C=O) groups excluding carboxylic acids is 2. The average molecular weight is 358 g/mol. The first kappa shape index (κ1) is 13.3. The molecule has 1 aliphatic heterocycles. The summed E-state index contributed by atoms with van der Waals surface area (Å²) in [7, 11) is 1.61. The van der Waals surface area contributed by atoms with Crippen LogP contribution in [0.15, 0.2) is 24.3 Å². The normalized spacial score (nSPS) is 18.8. The van der Waals surface area contributed by atoms with Crippen LogP contribution < -0.4 is 5.32 Å². The molecule has 96 valence electrons. The standard InChI is InChI=1S/C13H15IN2O2/c1-15-12(17)11-6-3-7-16(11)13(18)9-4-2-5-10(14)8-9/h2,4-5,8,11H,3,6-7H2,1H3,(H,15,17). The fourth-order valence-corrected chi connectivity index (χ4v) is 2.78. The highest BCUT2D eigenvalue weighted by atomic mass is 127. The molecule has 1 saturated heterocycles. The monoisotopic (exact) mass is 358 g/mol. The first-order chi connectivity index (χ1) is 8.63. The molecule has 0 radical (unpaired) electrons. The SMILES string of the molecule is CNC(=O)C1CCCN1C(=O)c1cccc(I)c1. The molecule has 1 aromatic carbocycles. The van der Waals surface area contributed by atoms with Crippen molar-refractivity contribution in [3.63, 3.8) is 0 Å². The third kappa shape index (κ3) is 2.66. The second-order valence-corrected chi connectivity index (χ2v) is 5.53. The van der Waals surface area contributed by atoms with Gasteiger partial charge < -0.3 is 10.2 Å². The van der Waals surface area contributed by atoms with E-state index in [4.69, 9.17) is 0 Å². The van der Waals surface area contributed by atoms with Crippen LogP contribution in [0.4, 0.5) is 0 Å². The Morgan fingerprint density at radius 3 is 2.89 bits per heavy atom. The van der Waals surface area contributed by atoms with Gasteiger partial charge in [0.2, 0.25) is 5.91 Å². The van der Waals surface area contributed by atoms with Crippen LogP contribution in [0, 0.1) is 3.57 Å². The van der Waals surface area contributed by atoms with E-state index in [1.807, 2.05) is 18.2 Å². The van der Waals surface area contributed by atoms with Gasteiger partial charge in [-0.15, -0.1) is 0 Å². The minimum Gasteiger partial charge on any atom is -0.357 e. The quantitative estimate of drug-likeness (QED) is 0.818. The van der Waals surface area contributed by atoms with Gasteiger partial charge in [0, 0.05) is 22.7 Å². The van der Waals surface area contributed by atoms with Crippen LogP contribution in [-0.4, -0.2) is 36.3 Å². The zero-order valence-electron chi connectivity index (χ0n) is 10.1. The maximum Gasteiger partial charge on any atom is 0.254 e. The van der Waals surface area contributed by atoms with Crippen molar-refractivity contribution in [2.75, 3.05) is 13.6 Å². The van der Waals surface area contributed by atoms with E-state index in [0.29, 0.717) is 12.1 Å². The number of carbonyl (C=O) groups is 2. The largest absolute Gasteiger partial charge is 0.357 e. The third-order valence-corrected chi connectivity index (χ3v) is 3.81. The molecule has 1 atom stereocenters. The number of hydrogen-bond acceptors (Lipinski definition) is 2. The highest BCUT2D eigenvalue weighted by molar-refractivity contribution is 14.1. The number of likely N-dealkylation sites (tertiary alicyclic amines) is 1. The highest BCUT2D eigenvalue weighted by Gasteiger charge is 2.33. The number of hydrogen-bond donors (Lipinski definition) is 1. The topological polar surface area (TPSA) is 49.4 Å². The Kier molecular flexibility index (Phi) is 4.21. The van der Waals surface area contributed by atoms with E-state index in [1.54, 1.807) is 18.0 Å². The molecular weight excluding hydrogens is 343 g/mol. The van der Waals surface area contributed by atoms with E-state index in [-0.39, 0.29) is 17.9 Å². The Hall–Kier alpha value is -1.11. The number of nitrogens with zero attached hydrogens (tertiary/aromatic N) is 1. The molecule has 1 aromatic rings. The second-order valence-electron chi connectivity index (χ2n) is 4.28. The summed E-state index contributed by atoms with van der Waals surface area (Å²) in [5, 5.41) is 2.62. The van der Waals surface area contributed by atoms with Crippen LogP contribution in [0.25, 0.3) is 0 Å². The molecule has 18 heavy (non-hydrogen) atoms. The minimum atomic E-state index is -0.319. The first-order valence-electron chi connectivity index (χ1n) is 5.91. The zero-order valence-corrected chi connectivity index (χ0v) is 12.3. The number of benzene rings is 1. The summed E-state index contributed by atoms with van der Waals surface area (Å²) in [6.45, 7) is 0.655. The van der Waals surface area contributed by atoms with Crippen LogP contribution >= 0.6 is 22.6 Å². The van der Waals surface area contributed by atoms with Crippen LogP contribution in [-0.2, 0) is 4.79 Å². The summed E-state index contributed by atoms with van der Waals surface area (Å²) in [6.07, 6.45) is 1.63. The van der Waals surface area contributed by atoms with Gasteiger partial charge in [0.25, 0.3) is 5.91 Å². The summed E-state index contributed by atoms with van der Waals surface area (Å²) in [5.74, 6) is -0.133. The summed E-state index contributed by atoms with van der Waals surface area (Å²) < 4.78 is 1.02. The zero-order chi connectivity index (χ0) is 13.1. The third-order valence-electron chi connectivity index (χ3n) is 3.13. The molecule has 0 aliphatic carbocycles. The Balaban J connectivity index is 2.20. The summed E-state index contributed by atoms with van der Waals surface area (Å²) in [6, 6.07) is 7.13. The smallest absolute Gasteiger partial charge is 0.254 e. The molecule has 0 spiro atoms. The molecule has 2 amide bonds. The van der Waals surface area contributed by atoms with Gasteiger partial charge in [-0.3, -0.25) is 9.59 Å². The molecule has 5 heteroatoms. The van der Waals surface area contributed by atoms with E-state index >= 15 is 0 Å².